The van der Waals surface area contributed by atoms with Gasteiger partial charge in [-0.1, -0.05) is 31.2 Å². The number of aromatic nitrogens is 4. The van der Waals surface area contributed by atoms with Gasteiger partial charge in [-0.2, -0.15) is 5.10 Å². The second kappa shape index (κ2) is 8.20. The Bertz CT molecular complexity index is 1270. The van der Waals surface area contributed by atoms with E-state index in [0.29, 0.717) is 48.9 Å². The lowest BCUT2D eigenvalue weighted by atomic mass is 9.97. The van der Waals surface area contributed by atoms with Gasteiger partial charge in [0, 0.05) is 43.7 Å². The molecule has 2 aliphatic heterocycles. The van der Waals surface area contributed by atoms with Crippen LogP contribution in [-0.4, -0.2) is 56.7 Å². The third-order valence-electron chi connectivity index (χ3n) is 6.54. The van der Waals surface area contributed by atoms with E-state index in [9.17, 15) is 9.59 Å². The van der Waals surface area contributed by atoms with Crippen molar-refractivity contribution in [2.75, 3.05) is 26.3 Å². The number of fused-ring (bicyclic) bond motifs is 1. The molecule has 1 amide bonds. The molecule has 2 atom stereocenters. The van der Waals surface area contributed by atoms with Crippen molar-refractivity contribution in [1.29, 1.82) is 0 Å². The highest BCUT2D eigenvalue weighted by Gasteiger charge is 2.36. The van der Waals surface area contributed by atoms with Gasteiger partial charge >= 0.3 is 0 Å². The van der Waals surface area contributed by atoms with Crippen molar-refractivity contribution in [2.45, 2.75) is 31.6 Å². The number of carbonyl (C=O) groups is 1. The summed E-state index contributed by atoms with van der Waals surface area (Å²) in [6.07, 6.45) is 3.28. The van der Waals surface area contributed by atoms with Crippen molar-refractivity contribution in [3.05, 3.63) is 69.4 Å². The molecule has 2 saturated heterocycles. The third-order valence-corrected chi connectivity index (χ3v) is 6.54. The number of hydrogen-bond acceptors (Lipinski definition) is 5. The van der Waals surface area contributed by atoms with Gasteiger partial charge in [0.2, 0.25) is 5.91 Å². The number of rotatable bonds is 3. The molecule has 9 heteroatoms. The number of H-pyrrole nitrogens is 1. The highest BCUT2D eigenvalue weighted by atomic mass is 16.5. The number of benzene rings is 1. The fraction of sp³-hybridized carbons (Fsp3) is 0.435. The first-order valence-electron chi connectivity index (χ1n) is 10.9. The number of nitrogens with zero attached hydrogens (tertiary/aromatic N) is 5. The fourth-order valence-corrected chi connectivity index (χ4v) is 4.74. The summed E-state index contributed by atoms with van der Waals surface area (Å²) in [5, 5.41) is 4.78. The predicted molar refractivity (Wildman–Crippen MR) is 117 cm³/mol. The van der Waals surface area contributed by atoms with Crippen LogP contribution in [0.25, 0.3) is 10.4 Å². The number of para-hydroxylation sites is 1. The van der Waals surface area contributed by atoms with Gasteiger partial charge in [-0.25, -0.2) is 14.3 Å². The molecule has 3 aromatic rings. The van der Waals surface area contributed by atoms with Crippen LogP contribution in [0.15, 0.2) is 35.3 Å². The maximum atomic E-state index is 13.1. The highest BCUT2D eigenvalue weighted by molar-refractivity contribution is 6.00. The molecule has 2 fully saturated rings. The van der Waals surface area contributed by atoms with Crippen molar-refractivity contribution in [1.82, 2.24) is 24.5 Å². The van der Waals surface area contributed by atoms with E-state index in [1.807, 2.05) is 0 Å². The Morgan fingerprint density at radius 2 is 2.03 bits per heavy atom. The zero-order valence-corrected chi connectivity index (χ0v) is 17.8. The molecule has 0 bridgehead atoms. The van der Waals surface area contributed by atoms with Crippen molar-refractivity contribution < 1.29 is 9.53 Å². The van der Waals surface area contributed by atoms with Gasteiger partial charge in [-0.15, -0.1) is 0 Å². The predicted octanol–water partition coefficient (Wildman–Crippen LogP) is 2.74. The summed E-state index contributed by atoms with van der Waals surface area (Å²) in [5.41, 5.74) is 0.959. The van der Waals surface area contributed by atoms with Crippen LogP contribution in [0.3, 0.4) is 0 Å². The quantitative estimate of drug-likeness (QED) is 0.642. The van der Waals surface area contributed by atoms with E-state index in [4.69, 9.17) is 16.4 Å². The maximum Gasteiger partial charge on any atom is 0.276 e. The van der Waals surface area contributed by atoms with Crippen LogP contribution < -0.4 is 5.56 Å². The Morgan fingerprint density at radius 3 is 2.81 bits per heavy atom. The normalized spacial score (nSPS) is 21.7. The summed E-state index contributed by atoms with van der Waals surface area (Å²) in [6.45, 7) is 11.7. The highest BCUT2D eigenvalue weighted by Crippen LogP contribution is 2.33. The number of amides is 1. The minimum Gasteiger partial charge on any atom is -0.381 e. The second-order valence-corrected chi connectivity index (χ2v) is 8.56. The second-order valence-electron chi connectivity index (χ2n) is 8.56. The maximum absolute atomic E-state index is 13.1. The standard InChI is InChI=1S/C23H24N6O3/c1-14-12-28(23(31)16-5-3-4-6-18(16)24-2)13-17(14)20-26-22(30)19-11-25-21(29(19)27-20)15-7-9-32-10-8-15/h3-6,11,14-15,17H,7-10,12-13H2,1H3,(H,26,27,30). The van der Waals surface area contributed by atoms with Gasteiger partial charge in [-0.05, 0) is 18.8 Å². The molecule has 32 heavy (non-hydrogen) atoms. The van der Waals surface area contributed by atoms with Gasteiger partial charge in [0.05, 0.1) is 12.8 Å². The number of nitrogens with one attached hydrogen (secondary N) is 1. The zero-order valence-electron chi connectivity index (χ0n) is 17.8. The molecule has 2 aliphatic rings. The fourth-order valence-electron chi connectivity index (χ4n) is 4.74. The molecule has 5 rings (SSSR count). The van der Waals surface area contributed by atoms with E-state index in [-0.39, 0.29) is 29.2 Å². The van der Waals surface area contributed by atoms with E-state index in [1.54, 1.807) is 39.9 Å². The Kier molecular flexibility index (Phi) is 5.23. The Morgan fingerprint density at radius 1 is 1.25 bits per heavy atom. The first-order chi connectivity index (χ1) is 15.6. The van der Waals surface area contributed by atoms with Crippen LogP contribution in [-0.2, 0) is 4.74 Å². The van der Waals surface area contributed by atoms with Crippen LogP contribution >= 0.6 is 0 Å². The summed E-state index contributed by atoms with van der Waals surface area (Å²) in [7, 11) is 0. The van der Waals surface area contributed by atoms with E-state index < -0.39 is 0 Å². The van der Waals surface area contributed by atoms with Crippen molar-refractivity contribution in [3.8, 4) is 0 Å². The zero-order chi connectivity index (χ0) is 22.2. The molecule has 1 aromatic carbocycles. The monoisotopic (exact) mass is 432 g/mol. The SMILES string of the molecule is [C-]#[N+]c1ccccc1C(=O)N1CC(C)C(c2nn3c(C4CCOCC4)ncc3c(=O)[nH]2)C1. The molecule has 164 valence electrons. The molecule has 1 N–H and O–H groups in total. The number of imidazole rings is 1. The van der Waals surface area contributed by atoms with Gasteiger partial charge in [0.15, 0.2) is 11.2 Å². The van der Waals surface area contributed by atoms with Crippen LogP contribution in [0.2, 0.25) is 0 Å². The molecule has 0 aliphatic carbocycles. The summed E-state index contributed by atoms with van der Waals surface area (Å²) < 4.78 is 7.13. The number of ether oxygens (including phenoxy) is 1. The van der Waals surface area contributed by atoms with Gasteiger partial charge in [0.25, 0.3) is 5.56 Å². The van der Waals surface area contributed by atoms with E-state index in [2.05, 4.69) is 21.7 Å². The lowest BCUT2D eigenvalue weighted by Gasteiger charge is -2.21. The first-order valence-corrected chi connectivity index (χ1v) is 10.9. The molecule has 9 nitrogen and oxygen atoms in total. The summed E-state index contributed by atoms with van der Waals surface area (Å²) in [6, 6.07) is 6.86. The van der Waals surface area contributed by atoms with E-state index in [0.717, 1.165) is 18.7 Å². The smallest absolute Gasteiger partial charge is 0.276 e. The van der Waals surface area contributed by atoms with Gasteiger partial charge in [-0.3, -0.25) is 9.59 Å². The van der Waals surface area contributed by atoms with E-state index in [1.165, 1.54) is 0 Å². The lowest BCUT2D eigenvalue weighted by Crippen LogP contribution is -2.29. The minimum atomic E-state index is -0.226. The van der Waals surface area contributed by atoms with Crippen LogP contribution in [0.5, 0.6) is 0 Å². The molecule has 0 radical (unpaired) electrons. The molecular weight excluding hydrogens is 408 g/mol. The average Bonchev–Trinajstić information content (AvgIpc) is 3.43. The van der Waals surface area contributed by atoms with E-state index >= 15 is 0 Å². The van der Waals surface area contributed by atoms with Crippen molar-refractivity contribution in [2.24, 2.45) is 5.92 Å². The Hall–Kier alpha value is -3.51. The third kappa shape index (κ3) is 3.46. The number of hydrogen-bond donors (Lipinski definition) is 1. The molecule has 0 saturated carbocycles. The largest absolute Gasteiger partial charge is 0.381 e. The number of aromatic amines is 1. The molecule has 0 spiro atoms. The molecule has 4 heterocycles. The van der Waals surface area contributed by atoms with Crippen molar-refractivity contribution in [3.63, 3.8) is 0 Å². The molecular formula is C23H24N6O3. The Balaban J connectivity index is 1.46. The van der Waals surface area contributed by atoms with Crippen LogP contribution in [0.4, 0.5) is 5.69 Å². The van der Waals surface area contributed by atoms with Crippen molar-refractivity contribution >= 4 is 17.1 Å². The molecule has 2 aromatic heterocycles. The van der Waals surface area contributed by atoms with Gasteiger partial charge in [0.1, 0.15) is 11.6 Å². The molecule has 2 unspecified atom stereocenters. The first kappa shape index (κ1) is 20.4. The van der Waals surface area contributed by atoms with Crippen LogP contribution in [0.1, 0.15) is 53.6 Å². The average molecular weight is 432 g/mol. The Labute approximate surface area is 184 Å². The van der Waals surface area contributed by atoms with Gasteiger partial charge < -0.3 is 14.6 Å². The minimum absolute atomic E-state index is 0.106. The van der Waals surface area contributed by atoms with Crippen LogP contribution in [0, 0.1) is 12.5 Å². The summed E-state index contributed by atoms with van der Waals surface area (Å²) in [4.78, 5) is 38.5. The number of likely N-dealkylation sites (tertiary alicyclic amines) is 1. The topological polar surface area (TPSA) is 96.9 Å². The summed E-state index contributed by atoms with van der Waals surface area (Å²) >= 11 is 0. The summed E-state index contributed by atoms with van der Waals surface area (Å²) in [5.74, 6) is 1.39. The number of carbonyl (C=O) groups excluding carboxylic acids is 1. The lowest BCUT2D eigenvalue weighted by molar-refractivity contribution is 0.0787.